The van der Waals surface area contributed by atoms with Crippen molar-refractivity contribution in [2.45, 2.75) is 56.3 Å². The number of fused-ring (bicyclic) bond motifs is 2. The van der Waals surface area contributed by atoms with Crippen molar-refractivity contribution in [1.82, 2.24) is 9.62 Å². The van der Waals surface area contributed by atoms with Gasteiger partial charge in [0.1, 0.15) is 23.1 Å². The smallest absolute Gasteiger partial charge is 0.255 e. The van der Waals surface area contributed by atoms with Gasteiger partial charge in [0.25, 0.3) is 5.91 Å². The molecule has 3 saturated heterocycles. The lowest BCUT2D eigenvalue weighted by Crippen LogP contribution is -2.58. The van der Waals surface area contributed by atoms with Gasteiger partial charge in [-0.15, -0.1) is 0 Å². The Balaban J connectivity index is 1.35. The predicted molar refractivity (Wildman–Crippen MR) is 126 cm³/mol. The second-order valence-electron chi connectivity index (χ2n) is 10.5. The summed E-state index contributed by atoms with van der Waals surface area (Å²) >= 11 is 0. The Labute approximate surface area is 207 Å². The molecule has 2 aromatic carbocycles. The van der Waals surface area contributed by atoms with E-state index in [2.05, 4.69) is 4.72 Å². The number of nitrogens with one attached hydrogen (secondary N) is 1. The van der Waals surface area contributed by atoms with Crippen LogP contribution < -0.4 is 4.72 Å². The number of piperidine rings is 1. The van der Waals surface area contributed by atoms with E-state index >= 15 is 4.39 Å². The van der Waals surface area contributed by atoms with Crippen molar-refractivity contribution in [2.24, 2.45) is 11.8 Å². The molecule has 7 rings (SSSR count). The van der Waals surface area contributed by atoms with Crippen LogP contribution in [0.25, 0.3) is 11.1 Å². The number of carbonyl (C=O) groups is 1. The quantitative estimate of drug-likeness (QED) is 0.608. The molecule has 192 valence electrons. The fraction of sp³-hybridized carbons (Fsp3) is 0.500. The monoisotopic (exact) mass is 520 g/mol. The number of sulfonamides is 1. The van der Waals surface area contributed by atoms with Gasteiger partial charge < -0.3 is 9.64 Å². The van der Waals surface area contributed by atoms with Crippen LogP contribution >= 0.6 is 0 Å². The van der Waals surface area contributed by atoms with E-state index in [1.54, 1.807) is 24.0 Å². The summed E-state index contributed by atoms with van der Waals surface area (Å²) in [6, 6.07) is 6.18. The lowest BCUT2D eigenvalue weighted by Gasteiger charge is -2.41. The maximum absolute atomic E-state index is 15.7. The van der Waals surface area contributed by atoms with Crippen LogP contribution in [0.3, 0.4) is 0 Å². The molecule has 0 aromatic heterocycles. The van der Waals surface area contributed by atoms with Crippen LogP contribution in [0, 0.1) is 29.3 Å². The summed E-state index contributed by atoms with van der Waals surface area (Å²) in [5, 5.41) is 0. The second-order valence-corrected chi connectivity index (χ2v) is 12.6. The van der Waals surface area contributed by atoms with Crippen LogP contribution in [-0.4, -0.2) is 55.3 Å². The van der Waals surface area contributed by atoms with Crippen LogP contribution in [0.1, 0.15) is 31.7 Å². The first-order valence-electron chi connectivity index (χ1n) is 12.3. The van der Waals surface area contributed by atoms with Gasteiger partial charge in [0, 0.05) is 23.7 Å². The molecule has 0 unspecified atom stereocenters. The van der Waals surface area contributed by atoms with Crippen molar-refractivity contribution in [3.05, 3.63) is 59.4 Å². The third kappa shape index (κ3) is 3.85. The molecule has 0 spiro atoms. The summed E-state index contributed by atoms with van der Waals surface area (Å²) in [5.41, 5.74) is -0.500. The van der Waals surface area contributed by atoms with E-state index in [0.717, 1.165) is 18.2 Å². The molecular formula is C26H27F3N2O4S. The van der Waals surface area contributed by atoms with Gasteiger partial charge in [0.05, 0.1) is 18.4 Å². The van der Waals surface area contributed by atoms with E-state index in [4.69, 9.17) is 4.74 Å². The topological polar surface area (TPSA) is 75.7 Å². The van der Waals surface area contributed by atoms with E-state index in [-0.39, 0.29) is 46.7 Å². The van der Waals surface area contributed by atoms with Crippen LogP contribution in [-0.2, 0) is 26.0 Å². The molecule has 3 aliphatic heterocycles. The van der Waals surface area contributed by atoms with Crippen LogP contribution in [0.5, 0.6) is 0 Å². The highest BCUT2D eigenvalue weighted by Crippen LogP contribution is 2.55. The number of rotatable bonds is 7. The highest BCUT2D eigenvalue weighted by Gasteiger charge is 2.66. The molecule has 2 saturated carbocycles. The molecule has 2 aromatic rings. The lowest BCUT2D eigenvalue weighted by molar-refractivity contribution is -0.157. The zero-order valence-electron chi connectivity index (χ0n) is 19.7. The highest BCUT2D eigenvalue weighted by molar-refractivity contribution is 7.89. The second kappa shape index (κ2) is 8.29. The molecular weight excluding hydrogens is 493 g/mol. The summed E-state index contributed by atoms with van der Waals surface area (Å²) in [4.78, 5) is 15.5. The molecule has 2 aliphatic carbocycles. The van der Waals surface area contributed by atoms with Crippen molar-refractivity contribution >= 4 is 15.9 Å². The standard InChI is InChI=1S/C26H27F3N2O4S/c1-2-36(33,34)30-24-20-10-21(20)31(25(32)26-11-14(12-26)13-35-26)22(24)8-15-4-3-5-19(23(15)29)16-6-17(27)9-18(28)7-16/h3-7,9,14,20-22,24,30H,2,8,10-13H2,1H3/t14?,20-,21+,22+,24+,26?/m0/s1. The number of ether oxygens (including phenoxy) is 1. The number of benzene rings is 2. The van der Waals surface area contributed by atoms with Crippen LogP contribution in [0.2, 0.25) is 0 Å². The average Bonchev–Trinajstić information content (AvgIpc) is 3.15. The molecule has 4 atom stereocenters. The molecule has 1 N–H and O–H groups in total. The summed E-state index contributed by atoms with van der Waals surface area (Å²) in [6.45, 7) is 2.09. The maximum atomic E-state index is 15.7. The van der Waals surface area contributed by atoms with Gasteiger partial charge in [-0.1, -0.05) is 18.2 Å². The minimum atomic E-state index is -3.57. The Morgan fingerprint density at radius 1 is 1.17 bits per heavy atom. The van der Waals surface area contributed by atoms with Gasteiger partial charge in [0.15, 0.2) is 0 Å². The van der Waals surface area contributed by atoms with Crippen LogP contribution in [0.15, 0.2) is 36.4 Å². The first-order chi connectivity index (χ1) is 17.1. The maximum Gasteiger partial charge on any atom is 0.255 e. The molecule has 36 heavy (non-hydrogen) atoms. The number of halogens is 3. The Bertz CT molecular complexity index is 1320. The highest BCUT2D eigenvalue weighted by atomic mass is 32.2. The summed E-state index contributed by atoms with van der Waals surface area (Å²) < 4.78 is 77.0. The molecule has 1 amide bonds. The van der Waals surface area contributed by atoms with E-state index in [9.17, 15) is 22.0 Å². The fourth-order valence-corrected chi connectivity index (χ4v) is 7.26. The SMILES string of the molecule is CCS(=O)(=O)N[C@@H]1[C@H]2C[C@H]2N(C(=O)C23CC(CO2)C3)[C@@H]1Cc1cccc(-c2cc(F)cc(F)c2)c1F. The van der Waals surface area contributed by atoms with Crippen LogP contribution in [0.4, 0.5) is 13.2 Å². The Morgan fingerprint density at radius 3 is 2.53 bits per heavy atom. The largest absolute Gasteiger partial charge is 0.365 e. The molecule has 2 bridgehead atoms. The summed E-state index contributed by atoms with van der Waals surface area (Å²) in [6.07, 6.45) is 2.07. The van der Waals surface area contributed by atoms with Gasteiger partial charge in [-0.2, -0.15) is 0 Å². The molecule has 5 aliphatic rings. The Hall–Kier alpha value is -2.43. The van der Waals surface area contributed by atoms with Gasteiger partial charge >= 0.3 is 0 Å². The Kier molecular flexibility index (Phi) is 5.51. The number of hydrogen-bond acceptors (Lipinski definition) is 4. The number of carbonyl (C=O) groups excluding carboxylic acids is 1. The number of hydrogen-bond donors (Lipinski definition) is 1. The molecule has 6 nitrogen and oxygen atoms in total. The normalized spacial score (nSPS) is 32.3. The average molecular weight is 521 g/mol. The zero-order chi connectivity index (χ0) is 25.4. The van der Waals surface area contributed by atoms with Crippen molar-refractivity contribution < 1.29 is 31.1 Å². The van der Waals surface area contributed by atoms with E-state index in [1.807, 2.05) is 0 Å². The van der Waals surface area contributed by atoms with Crippen molar-refractivity contribution in [1.29, 1.82) is 0 Å². The van der Waals surface area contributed by atoms with Crippen molar-refractivity contribution in [3.63, 3.8) is 0 Å². The van der Waals surface area contributed by atoms with E-state index in [0.29, 0.717) is 31.8 Å². The first-order valence-corrected chi connectivity index (χ1v) is 14.0. The third-order valence-corrected chi connectivity index (χ3v) is 9.62. The molecule has 5 fully saturated rings. The molecule has 10 heteroatoms. The Morgan fingerprint density at radius 2 is 1.89 bits per heavy atom. The van der Waals surface area contributed by atoms with Gasteiger partial charge in [0.2, 0.25) is 10.0 Å². The first kappa shape index (κ1) is 23.9. The van der Waals surface area contributed by atoms with Crippen molar-refractivity contribution in [3.8, 4) is 11.1 Å². The minimum absolute atomic E-state index is 0.0391. The molecule has 3 heterocycles. The van der Waals surface area contributed by atoms with Crippen molar-refractivity contribution in [2.75, 3.05) is 12.4 Å². The van der Waals surface area contributed by atoms with Gasteiger partial charge in [-0.3, -0.25) is 4.79 Å². The lowest BCUT2D eigenvalue weighted by atomic mass is 9.73. The minimum Gasteiger partial charge on any atom is -0.365 e. The van der Waals surface area contributed by atoms with E-state index in [1.165, 1.54) is 6.07 Å². The third-order valence-electron chi connectivity index (χ3n) is 8.23. The number of amides is 1. The fourth-order valence-electron chi connectivity index (χ4n) is 6.35. The number of nitrogens with zero attached hydrogens (tertiary/aromatic N) is 1. The summed E-state index contributed by atoms with van der Waals surface area (Å²) in [7, 11) is -3.57. The summed E-state index contributed by atoms with van der Waals surface area (Å²) in [5.74, 6) is -2.19. The zero-order valence-corrected chi connectivity index (χ0v) is 20.5. The van der Waals surface area contributed by atoms with Gasteiger partial charge in [-0.05, 0) is 67.7 Å². The number of likely N-dealkylation sites (tertiary alicyclic amines) is 1. The van der Waals surface area contributed by atoms with Gasteiger partial charge in [-0.25, -0.2) is 26.3 Å². The molecule has 0 radical (unpaired) electrons. The van der Waals surface area contributed by atoms with E-state index < -0.39 is 45.2 Å². The predicted octanol–water partition coefficient (Wildman–Crippen LogP) is 3.40.